The Bertz CT molecular complexity index is 590. The summed E-state index contributed by atoms with van der Waals surface area (Å²) in [5.41, 5.74) is 3.52. The van der Waals surface area contributed by atoms with Gasteiger partial charge in [-0.3, -0.25) is 0 Å². The van der Waals surface area contributed by atoms with Crippen LogP contribution in [0.25, 0.3) is 0 Å². The standard InChI is InChI=1S/C14H16N2O3/c1-4-18-14(17)13-15-12(19-16-13)8-11-6-5-9(2)10(3)7-11/h5-7H,4,8H2,1-3H3. The van der Waals surface area contributed by atoms with E-state index in [0.717, 1.165) is 5.56 Å². The molecule has 0 saturated carbocycles. The third-order valence-corrected chi connectivity index (χ3v) is 2.85. The molecule has 2 rings (SSSR count). The van der Waals surface area contributed by atoms with Gasteiger partial charge in [-0.15, -0.1) is 0 Å². The van der Waals surface area contributed by atoms with Crippen LogP contribution >= 0.6 is 0 Å². The normalized spacial score (nSPS) is 10.5. The monoisotopic (exact) mass is 260 g/mol. The minimum atomic E-state index is -0.558. The number of esters is 1. The van der Waals surface area contributed by atoms with Crippen LogP contribution in [0.5, 0.6) is 0 Å². The van der Waals surface area contributed by atoms with Gasteiger partial charge in [0.15, 0.2) is 0 Å². The number of carbonyl (C=O) groups is 1. The molecule has 0 saturated heterocycles. The maximum atomic E-state index is 11.4. The second kappa shape index (κ2) is 5.65. The average Bonchev–Trinajstić information content (AvgIpc) is 2.83. The molecule has 0 amide bonds. The lowest BCUT2D eigenvalue weighted by Crippen LogP contribution is -2.06. The molecule has 1 aromatic carbocycles. The van der Waals surface area contributed by atoms with Gasteiger partial charge in [0.1, 0.15) is 0 Å². The van der Waals surface area contributed by atoms with Gasteiger partial charge in [0, 0.05) is 0 Å². The molecule has 5 nitrogen and oxygen atoms in total. The molecule has 0 radical (unpaired) electrons. The van der Waals surface area contributed by atoms with Crippen molar-refractivity contribution in [3.05, 3.63) is 46.6 Å². The summed E-state index contributed by atoms with van der Waals surface area (Å²) in [7, 11) is 0. The van der Waals surface area contributed by atoms with Crippen LogP contribution in [0.15, 0.2) is 22.7 Å². The van der Waals surface area contributed by atoms with Crippen LogP contribution in [0.3, 0.4) is 0 Å². The van der Waals surface area contributed by atoms with Gasteiger partial charge in [0.25, 0.3) is 5.82 Å². The Hall–Kier alpha value is -2.17. The lowest BCUT2D eigenvalue weighted by atomic mass is 10.0. The van der Waals surface area contributed by atoms with E-state index in [1.807, 2.05) is 12.1 Å². The third-order valence-electron chi connectivity index (χ3n) is 2.85. The predicted molar refractivity (Wildman–Crippen MR) is 69.0 cm³/mol. The summed E-state index contributed by atoms with van der Waals surface area (Å²) in [6.45, 7) is 6.13. The minimum Gasteiger partial charge on any atom is -0.460 e. The molecule has 0 aliphatic heterocycles. The fourth-order valence-corrected chi connectivity index (χ4v) is 1.69. The molecule has 0 unspecified atom stereocenters. The van der Waals surface area contributed by atoms with Crippen LogP contribution in [0.2, 0.25) is 0 Å². The minimum absolute atomic E-state index is 0.0271. The molecule has 100 valence electrons. The van der Waals surface area contributed by atoms with E-state index in [1.54, 1.807) is 6.92 Å². The maximum absolute atomic E-state index is 11.4. The molecule has 1 heterocycles. The van der Waals surface area contributed by atoms with Crippen molar-refractivity contribution in [1.29, 1.82) is 0 Å². The molecule has 19 heavy (non-hydrogen) atoms. The lowest BCUT2D eigenvalue weighted by molar-refractivity contribution is 0.0508. The SMILES string of the molecule is CCOC(=O)c1noc(Cc2ccc(C)c(C)c2)n1. The van der Waals surface area contributed by atoms with Crippen molar-refractivity contribution >= 4 is 5.97 Å². The first-order valence-corrected chi connectivity index (χ1v) is 6.16. The van der Waals surface area contributed by atoms with Crippen molar-refractivity contribution in [1.82, 2.24) is 10.1 Å². The fourth-order valence-electron chi connectivity index (χ4n) is 1.69. The van der Waals surface area contributed by atoms with E-state index in [4.69, 9.17) is 9.26 Å². The van der Waals surface area contributed by atoms with Crippen molar-refractivity contribution in [3.63, 3.8) is 0 Å². The number of rotatable bonds is 4. The van der Waals surface area contributed by atoms with Gasteiger partial charge in [0.2, 0.25) is 5.89 Å². The number of aryl methyl sites for hydroxylation is 2. The Morgan fingerprint density at radius 2 is 2.11 bits per heavy atom. The average molecular weight is 260 g/mol. The number of ether oxygens (including phenoxy) is 1. The van der Waals surface area contributed by atoms with Gasteiger partial charge in [-0.1, -0.05) is 18.2 Å². The van der Waals surface area contributed by atoms with Gasteiger partial charge in [0.05, 0.1) is 13.0 Å². The number of hydrogen-bond acceptors (Lipinski definition) is 5. The molecule has 5 heteroatoms. The molecule has 2 aromatic rings. The smallest absolute Gasteiger partial charge is 0.379 e. The van der Waals surface area contributed by atoms with Crippen molar-refractivity contribution in [2.75, 3.05) is 6.61 Å². The highest BCUT2D eigenvalue weighted by atomic mass is 16.5. The number of nitrogens with zero attached hydrogens (tertiary/aromatic N) is 2. The van der Waals surface area contributed by atoms with Crippen LogP contribution in [-0.4, -0.2) is 22.7 Å². The molecule has 0 aliphatic rings. The highest BCUT2D eigenvalue weighted by molar-refractivity contribution is 5.84. The number of carbonyl (C=O) groups excluding carboxylic acids is 1. The zero-order chi connectivity index (χ0) is 13.8. The third kappa shape index (κ3) is 3.19. The van der Waals surface area contributed by atoms with E-state index < -0.39 is 5.97 Å². The van der Waals surface area contributed by atoms with E-state index in [9.17, 15) is 4.79 Å². The van der Waals surface area contributed by atoms with Gasteiger partial charge in [-0.2, -0.15) is 4.98 Å². The van der Waals surface area contributed by atoms with E-state index in [2.05, 4.69) is 30.1 Å². The van der Waals surface area contributed by atoms with Crippen molar-refractivity contribution in [2.24, 2.45) is 0 Å². The molecule has 0 aliphatic carbocycles. The van der Waals surface area contributed by atoms with Crippen LogP contribution in [0, 0.1) is 13.8 Å². The van der Waals surface area contributed by atoms with E-state index in [0.29, 0.717) is 18.9 Å². The molecule has 1 aromatic heterocycles. The molecule has 0 bridgehead atoms. The second-order valence-electron chi connectivity index (χ2n) is 4.33. The first-order chi connectivity index (χ1) is 9.10. The predicted octanol–water partition coefficient (Wildman–Crippen LogP) is 2.45. The van der Waals surface area contributed by atoms with Gasteiger partial charge >= 0.3 is 5.97 Å². The lowest BCUT2D eigenvalue weighted by Gasteiger charge is -2.02. The topological polar surface area (TPSA) is 65.2 Å². The van der Waals surface area contributed by atoms with Crippen LogP contribution in [0.4, 0.5) is 0 Å². The number of benzene rings is 1. The number of aromatic nitrogens is 2. The van der Waals surface area contributed by atoms with Crippen LogP contribution in [-0.2, 0) is 11.2 Å². The van der Waals surface area contributed by atoms with Crippen molar-refractivity contribution in [2.45, 2.75) is 27.2 Å². The molecule has 0 spiro atoms. The summed E-state index contributed by atoms with van der Waals surface area (Å²) in [6.07, 6.45) is 0.507. The summed E-state index contributed by atoms with van der Waals surface area (Å²) in [6, 6.07) is 6.13. The highest BCUT2D eigenvalue weighted by Crippen LogP contribution is 2.13. The first kappa shape index (κ1) is 13.3. The van der Waals surface area contributed by atoms with Gasteiger partial charge in [-0.25, -0.2) is 4.79 Å². The summed E-state index contributed by atoms with van der Waals surface area (Å²) >= 11 is 0. The largest absolute Gasteiger partial charge is 0.460 e. The maximum Gasteiger partial charge on any atom is 0.379 e. The molecular formula is C14H16N2O3. The van der Waals surface area contributed by atoms with Crippen molar-refractivity contribution < 1.29 is 14.1 Å². The Labute approximate surface area is 111 Å². The summed E-state index contributed by atoms with van der Waals surface area (Å²) in [4.78, 5) is 15.4. The summed E-state index contributed by atoms with van der Waals surface area (Å²) < 4.78 is 9.85. The Kier molecular flexibility index (Phi) is 3.94. The zero-order valence-electron chi connectivity index (χ0n) is 11.3. The first-order valence-electron chi connectivity index (χ1n) is 6.16. The molecule has 0 fully saturated rings. The summed E-state index contributed by atoms with van der Waals surface area (Å²) in [5, 5.41) is 3.61. The fraction of sp³-hybridized carbons (Fsp3) is 0.357. The van der Waals surface area contributed by atoms with Gasteiger partial charge in [-0.05, 0) is 42.6 Å². The Morgan fingerprint density at radius 1 is 1.32 bits per heavy atom. The quantitative estimate of drug-likeness (QED) is 0.790. The van der Waals surface area contributed by atoms with Crippen LogP contribution < -0.4 is 0 Å². The summed E-state index contributed by atoms with van der Waals surface area (Å²) in [5.74, 6) is -0.176. The highest BCUT2D eigenvalue weighted by Gasteiger charge is 2.15. The van der Waals surface area contributed by atoms with Crippen LogP contribution in [0.1, 0.15) is 40.1 Å². The van der Waals surface area contributed by atoms with E-state index in [-0.39, 0.29) is 5.82 Å². The number of hydrogen-bond donors (Lipinski definition) is 0. The molecular weight excluding hydrogens is 244 g/mol. The molecule has 0 atom stereocenters. The van der Waals surface area contributed by atoms with E-state index in [1.165, 1.54) is 11.1 Å². The molecule has 0 N–H and O–H groups in total. The van der Waals surface area contributed by atoms with E-state index >= 15 is 0 Å². The second-order valence-corrected chi connectivity index (χ2v) is 4.33. The Balaban J connectivity index is 2.11. The zero-order valence-corrected chi connectivity index (χ0v) is 11.3. The Morgan fingerprint density at radius 3 is 2.79 bits per heavy atom. The van der Waals surface area contributed by atoms with Crippen molar-refractivity contribution in [3.8, 4) is 0 Å². The van der Waals surface area contributed by atoms with Gasteiger partial charge < -0.3 is 9.26 Å².